The fourth-order valence-electron chi connectivity index (χ4n) is 1.99. The van der Waals surface area contributed by atoms with Gasteiger partial charge in [-0.3, -0.25) is 0 Å². The number of halogens is 2. The first kappa shape index (κ1) is 19.6. The average Bonchev–Trinajstić information content (AvgIpc) is 2.44. The predicted octanol–water partition coefficient (Wildman–Crippen LogP) is 7.09. The van der Waals surface area contributed by atoms with Crippen LogP contribution in [0.5, 0.6) is 0 Å². The van der Waals surface area contributed by atoms with E-state index in [1.54, 1.807) is 0 Å². The van der Waals surface area contributed by atoms with Gasteiger partial charge in [0.1, 0.15) is 0 Å². The van der Waals surface area contributed by atoms with E-state index in [4.69, 9.17) is 28.6 Å². The minimum absolute atomic E-state index is 0.556. The topological polar surface area (TPSA) is 28.2 Å². The first-order chi connectivity index (χ1) is 10.4. The first-order valence-electron chi connectivity index (χ1n) is 6.93. The number of aryl methyl sites for hydroxylation is 2. The molecule has 2 aromatic rings. The maximum atomic E-state index is 4.90. The Morgan fingerprint density at radius 1 is 0.773 bits per heavy atom. The molecule has 0 saturated heterocycles. The summed E-state index contributed by atoms with van der Waals surface area (Å²) in [4.78, 5) is 9.80. The van der Waals surface area contributed by atoms with Crippen LogP contribution in [0.4, 0.5) is 11.4 Å². The zero-order chi connectivity index (χ0) is 16.6. The van der Waals surface area contributed by atoms with E-state index >= 15 is 0 Å². The Morgan fingerprint density at radius 2 is 1.09 bits per heavy atom. The molecule has 0 heterocycles. The Labute approximate surface area is 151 Å². The predicted molar refractivity (Wildman–Crippen MR) is 97.6 cm³/mol. The number of nitrogens with zero attached hydrogens (tertiary/aromatic N) is 2. The molecule has 0 aliphatic heterocycles. The molecule has 0 atom stereocenters. The van der Waals surface area contributed by atoms with Crippen molar-refractivity contribution in [3.63, 3.8) is 0 Å². The van der Waals surface area contributed by atoms with E-state index in [9.17, 15) is 0 Å². The van der Waals surface area contributed by atoms with Crippen molar-refractivity contribution in [2.75, 3.05) is 0 Å². The molecule has 0 bridgehead atoms. The third-order valence-corrected chi connectivity index (χ3v) is 4.60. The molecule has 22 heavy (non-hydrogen) atoms. The van der Waals surface area contributed by atoms with Gasteiger partial charge in [0.05, 0.1) is 0 Å². The van der Waals surface area contributed by atoms with Crippen LogP contribution >= 0.6 is 18.6 Å². The van der Waals surface area contributed by atoms with Crippen LogP contribution in [0.25, 0.3) is 9.96 Å². The molecule has 0 fully saturated rings. The summed E-state index contributed by atoms with van der Waals surface area (Å²) >= 11 is -0.556. The summed E-state index contributed by atoms with van der Waals surface area (Å²) in [7, 11) is 7.78. The fourth-order valence-corrected chi connectivity index (χ4v) is 3.72. The van der Waals surface area contributed by atoms with Gasteiger partial charge in [0.25, 0.3) is 0 Å². The molecule has 118 valence electrons. The number of hydrogen-bond donors (Lipinski definition) is 0. The van der Waals surface area contributed by atoms with Gasteiger partial charge in [-0.25, -0.2) is 0 Å². The van der Waals surface area contributed by atoms with Crippen molar-refractivity contribution < 1.29 is 17.0 Å². The van der Waals surface area contributed by atoms with E-state index in [-0.39, 0.29) is 0 Å². The molecular formula is C16H20Cl2N2SiTi-2. The Kier molecular flexibility index (Phi) is 8.58. The summed E-state index contributed by atoms with van der Waals surface area (Å²) in [6, 6.07) is 16.5. The normalized spacial score (nSPS) is 10.3. The summed E-state index contributed by atoms with van der Waals surface area (Å²) in [5.74, 6) is 0. The van der Waals surface area contributed by atoms with Gasteiger partial charge in [0.2, 0.25) is 0 Å². The van der Waals surface area contributed by atoms with E-state index in [1.807, 2.05) is 24.3 Å². The van der Waals surface area contributed by atoms with Crippen molar-refractivity contribution in [1.82, 2.24) is 0 Å². The van der Waals surface area contributed by atoms with Gasteiger partial charge in [0.15, 0.2) is 0 Å². The summed E-state index contributed by atoms with van der Waals surface area (Å²) in [6.07, 6.45) is 0. The Morgan fingerprint density at radius 3 is 1.41 bits per heavy atom. The SMILES string of the molecule is Cc1ccccc1[N-][Si](C)(C)[N-]c1ccccc1C.[Cl][Ti][Cl]. The molecule has 2 rings (SSSR count). The van der Waals surface area contributed by atoms with Gasteiger partial charge in [0, 0.05) is 0 Å². The molecule has 0 aliphatic carbocycles. The van der Waals surface area contributed by atoms with Crippen LogP contribution < -0.4 is 0 Å². The fraction of sp³-hybridized carbons (Fsp3) is 0.250. The van der Waals surface area contributed by atoms with Gasteiger partial charge in [-0.15, -0.1) is 32.9 Å². The van der Waals surface area contributed by atoms with Crippen LogP contribution in [-0.2, 0) is 17.0 Å². The van der Waals surface area contributed by atoms with Crippen LogP contribution in [0.15, 0.2) is 48.5 Å². The van der Waals surface area contributed by atoms with Crippen LogP contribution in [0.3, 0.4) is 0 Å². The Hall–Kier alpha value is -0.449. The van der Waals surface area contributed by atoms with Crippen LogP contribution in [0.1, 0.15) is 11.1 Å². The monoisotopic (exact) mass is 386 g/mol. The molecular weight excluding hydrogens is 367 g/mol. The zero-order valence-electron chi connectivity index (χ0n) is 13.3. The summed E-state index contributed by atoms with van der Waals surface area (Å²) in [5.41, 5.74) is 4.55. The molecule has 0 unspecified atom stereocenters. The molecule has 0 saturated carbocycles. The second-order valence-electron chi connectivity index (χ2n) is 5.36. The molecule has 0 radical (unpaired) electrons. The van der Waals surface area contributed by atoms with E-state index in [2.05, 4.69) is 51.2 Å². The van der Waals surface area contributed by atoms with Crippen LogP contribution in [0, 0.1) is 13.8 Å². The molecule has 0 N–H and O–H groups in total. The van der Waals surface area contributed by atoms with Crippen molar-refractivity contribution in [3.05, 3.63) is 69.6 Å². The average molecular weight is 387 g/mol. The van der Waals surface area contributed by atoms with E-state index < -0.39 is 25.4 Å². The molecule has 0 aliphatic rings. The molecule has 2 nitrogen and oxygen atoms in total. The van der Waals surface area contributed by atoms with E-state index in [0.29, 0.717) is 0 Å². The van der Waals surface area contributed by atoms with E-state index in [1.165, 1.54) is 11.1 Å². The number of hydrogen-bond acceptors (Lipinski definition) is 0. The number of benzene rings is 2. The van der Waals surface area contributed by atoms with Gasteiger partial charge in [-0.05, 0) is 13.8 Å². The molecule has 0 spiro atoms. The quantitative estimate of drug-likeness (QED) is 0.501. The van der Waals surface area contributed by atoms with Crippen molar-refractivity contribution in [3.8, 4) is 0 Å². The minimum atomic E-state index is -2.00. The van der Waals surface area contributed by atoms with Gasteiger partial charge in [-0.2, -0.15) is 0 Å². The van der Waals surface area contributed by atoms with Crippen molar-refractivity contribution in [2.45, 2.75) is 26.9 Å². The van der Waals surface area contributed by atoms with E-state index in [0.717, 1.165) is 11.4 Å². The maximum absolute atomic E-state index is 4.90. The van der Waals surface area contributed by atoms with Gasteiger partial charge in [-0.1, -0.05) is 59.7 Å². The van der Waals surface area contributed by atoms with Gasteiger partial charge < -0.3 is 9.96 Å². The third kappa shape index (κ3) is 6.76. The van der Waals surface area contributed by atoms with Crippen molar-refractivity contribution in [1.29, 1.82) is 0 Å². The van der Waals surface area contributed by atoms with Crippen LogP contribution in [-0.4, -0.2) is 8.40 Å². The second kappa shape index (κ2) is 9.64. The summed E-state index contributed by atoms with van der Waals surface area (Å²) < 4.78 is 0. The summed E-state index contributed by atoms with van der Waals surface area (Å²) in [6.45, 7) is 8.53. The zero-order valence-corrected chi connectivity index (χ0v) is 17.3. The first-order valence-corrected chi connectivity index (χ1v) is 14.1. The summed E-state index contributed by atoms with van der Waals surface area (Å²) in [5, 5.41) is 0. The molecule has 0 aromatic heterocycles. The van der Waals surface area contributed by atoms with Crippen molar-refractivity contribution >= 4 is 38.4 Å². The third-order valence-electron chi connectivity index (χ3n) is 3.02. The Bertz CT molecular complexity index is 544. The standard InChI is InChI=1S/C16H20N2Si.2ClH.Ti/c1-13-9-5-7-11-15(13)17-19(3,4)18-16-12-8-6-10-14(16)2;;;/h5-12H,1-4H3;2*1H;/q-2;;;+2/p-2. The molecule has 2 aromatic carbocycles. The van der Waals surface area contributed by atoms with Crippen LogP contribution in [0.2, 0.25) is 13.1 Å². The molecule has 0 amide bonds. The molecule has 6 heteroatoms. The van der Waals surface area contributed by atoms with Crippen molar-refractivity contribution in [2.24, 2.45) is 0 Å². The Balaban J connectivity index is 0.000000745. The number of rotatable bonds is 4. The second-order valence-corrected chi connectivity index (χ2v) is 11.4. The van der Waals surface area contributed by atoms with Gasteiger partial charge >= 0.3 is 35.6 Å².